The van der Waals surface area contributed by atoms with Gasteiger partial charge < -0.3 is 5.11 Å². The highest BCUT2D eigenvalue weighted by molar-refractivity contribution is 5.95. The number of hydrazone groups is 1. The third kappa shape index (κ3) is 6.63. The van der Waals surface area contributed by atoms with E-state index in [1.54, 1.807) is 18.3 Å². The molecule has 25 heavy (non-hydrogen) atoms. The Bertz CT molecular complexity index is 719. The maximum atomic E-state index is 12.0. The highest BCUT2D eigenvalue weighted by atomic mass is 16.3. The first-order valence-corrected chi connectivity index (χ1v) is 8.57. The highest BCUT2D eigenvalue weighted by Crippen LogP contribution is 2.13. The van der Waals surface area contributed by atoms with Crippen LogP contribution in [0.3, 0.4) is 0 Å². The van der Waals surface area contributed by atoms with E-state index < -0.39 is 0 Å². The van der Waals surface area contributed by atoms with Crippen LogP contribution in [0.2, 0.25) is 0 Å². The number of benzene rings is 2. The Kier molecular flexibility index (Phi) is 7.44. The summed E-state index contributed by atoms with van der Waals surface area (Å²) >= 11 is 0. The van der Waals surface area contributed by atoms with Gasteiger partial charge in [-0.25, -0.2) is 5.43 Å². The molecule has 2 rings (SSSR count). The zero-order valence-corrected chi connectivity index (χ0v) is 14.5. The number of unbranched alkanes of at least 4 members (excludes halogenated alkanes) is 2. The predicted octanol–water partition coefficient (Wildman–Crippen LogP) is 4.77. The summed E-state index contributed by atoms with van der Waals surface area (Å²) in [6, 6.07) is 16.1. The van der Waals surface area contributed by atoms with Gasteiger partial charge in [0.05, 0.1) is 6.21 Å². The van der Waals surface area contributed by atoms with E-state index in [2.05, 4.69) is 23.5 Å². The van der Waals surface area contributed by atoms with Crippen LogP contribution in [-0.4, -0.2) is 17.2 Å². The summed E-state index contributed by atoms with van der Waals surface area (Å²) in [5.41, 5.74) is 5.18. The Balaban J connectivity index is 2.02. The van der Waals surface area contributed by atoms with Crippen molar-refractivity contribution in [3.8, 4) is 5.75 Å². The number of phenols is 1. The van der Waals surface area contributed by atoms with Crippen molar-refractivity contribution < 1.29 is 9.90 Å². The maximum Gasteiger partial charge on any atom is 0.271 e. The van der Waals surface area contributed by atoms with Crippen molar-refractivity contribution in [2.24, 2.45) is 5.10 Å². The Labute approximate surface area is 148 Å². The Morgan fingerprint density at radius 3 is 2.48 bits per heavy atom. The number of hydrogen-bond donors (Lipinski definition) is 2. The lowest BCUT2D eigenvalue weighted by Gasteiger charge is -2.03. The molecule has 0 bridgehead atoms. The summed E-state index contributed by atoms with van der Waals surface area (Å²) in [7, 11) is 0. The molecule has 2 aromatic carbocycles. The van der Waals surface area contributed by atoms with Gasteiger partial charge in [0.2, 0.25) is 0 Å². The normalized spacial score (nSPS) is 11.6. The summed E-state index contributed by atoms with van der Waals surface area (Å²) in [5.74, 6) is -0.173. The SMILES string of the molecule is CCCCCC(/C=N/NC(=O)c1ccc(O)cc1)=C\c1ccccc1. The van der Waals surface area contributed by atoms with Crippen molar-refractivity contribution in [2.75, 3.05) is 0 Å². The minimum absolute atomic E-state index is 0.129. The number of phenolic OH excluding ortho intramolecular Hbond substituents is 1. The molecular weight excluding hydrogens is 312 g/mol. The molecule has 0 saturated carbocycles. The number of hydrogen-bond acceptors (Lipinski definition) is 3. The molecule has 0 fully saturated rings. The minimum Gasteiger partial charge on any atom is -0.508 e. The van der Waals surface area contributed by atoms with E-state index in [1.165, 1.54) is 18.6 Å². The molecule has 4 nitrogen and oxygen atoms in total. The first-order valence-electron chi connectivity index (χ1n) is 8.57. The van der Waals surface area contributed by atoms with Gasteiger partial charge in [-0.3, -0.25) is 4.79 Å². The fourth-order valence-corrected chi connectivity index (χ4v) is 2.37. The molecule has 0 saturated heterocycles. The van der Waals surface area contributed by atoms with Crippen molar-refractivity contribution in [3.05, 3.63) is 71.3 Å². The highest BCUT2D eigenvalue weighted by Gasteiger charge is 2.03. The van der Waals surface area contributed by atoms with E-state index in [1.807, 2.05) is 30.3 Å². The van der Waals surface area contributed by atoms with E-state index in [9.17, 15) is 9.90 Å². The van der Waals surface area contributed by atoms with E-state index in [0.717, 1.165) is 30.4 Å². The topological polar surface area (TPSA) is 61.7 Å². The summed E-state index contributed by atoms with van der Waals surface area (Å²) in [6.45, 7) is 2.17. The number of aromatic hydroxyl groups is 1. The zero-order chi connectivity index (χ0) is 17.9. The average Bonchev–Trinajstić information content (AvgIpc) is 2.63. The quantitative estimate of drug-likeness (QED) is 0.414. The summed E-state index contributed by atoms with van der Waals surface area (Å²) in [6.07, 6.45) is 8.13. The third-order valence-electron chi connectivity index (χ3n) is 3.75. The number of carbonyl (C=O) groups is 1. The number of nitrogens with zero attached hydrogens (tertiary/aromatic N) is 1. The molecule has 0 atom stereocenters. The third-order valence-corrected chi connectivity index (χ3v) is 3.75. The number of carbonyl (C=O) groups excluding carboxylic acids is 1. The fraction of sp³-hybridized carbons (Fsp3) is 0.238. The van der Waals surface area contributed by atoms with Gasteiger partial charge in [0.15, 0.2) is 0 Å². The zero-order valence-electron chi connectivity index (χ0n) is 14.5. The number of allylic oxidation sites excluding steroid dienone is 1. The van der Waals surface area contributed by atoms with Gasteiger partial charge in [0.25, 0.3) is 5.91 Å². The molecule has 4 heteroatoms. The van der Waals surface area contributed by atoms with Crippen LogP contribution in [0.1, 0.15) is 48.5 Å². The molecule has 0 aliphatic rings. The van der Waals surface area contributed by atoms with Crippen molar-refractivity contribution >= 4 is 18.2 Å². The van der Waals surface area contributed by atoms with E-state index in [-0.39, 0.29) is 11.7 Å². The van der Waals surface area contributed by atoms with Crippen molar-refractivity contribution in [1.29, 1.82) is 0 Å². The molecule has 0 spiro atoms. The largest absolute Gasteiger partial charge is 0.508 e. The molecule has 0 aliphatic carbocycles. The monoisotopic (exact) mass is 336 g/mol. The van der Waals surface area contributed by atoms with Crippen LogP contribution in [0.5, 0.6) is 5.75 Å². The maximum absolute atomic E-state index is 12.0. The van der Waals surface area contributed by atoms with Crippen LogP contribution in [0.15, 0.2) is 65.3 Å². The van der Waals surface area contributed by atoms with Crippen molar-refractivity contribution in [2.45, 2.75) is 32.6 Å². The lowest BCUT2D eigenvalue weighted by molar-refractivity contribution is 0.0955. The second-order valence-electron chi connectivity index (χ2n) is 5.83. The molecular formula is C21H24N2O2. The smallest absolute Gasteiger partial charge is 0.271 e. The Morgan fingerprint density at radius 2 is 1.80 bits per heavy atom. The average molecular weight is 336 g/mol. The van der Waals surface area contributed by atoms with Crippen LogP contribution in [0.25, 0.3) is 6.08 Å². The van der Waals surface area contributed by atoms with Crippen LogP contribution in [0.4, 0.5) is 0 Å². The standard InChI is InChI=1S/C21H24N2O2/c1-2-3-5-10-18(15-17-8-6-4-7-9-17)16-22-23-21(25)19-11-13-20(24)14-12-19/h4,6-9,11-16,24H,2-3,5,10H2,1H3,(H,23,25)/b18-15+,22-16+. The molecule has 0 unspecified atom stereocenters. The lowest BCUT2D eigenvalue weighted by Crippen LogP contribution is -2.17. The first-order chi connectivity index (χ1) is 12.2. The van der Waals surface area contributed by atoms with E-state index >= 15 is 0 Å². The summed E-state index contributed by atoms with van der Waals surface area (Å²) < 4.78 is 0. The minimum atomic E-state index is -0.302. The van der Waals surface area contributed by atoms with Gasteiger partial charge in [-0.2, -0.15) is 5.10 Å². The van der Waals surface area contributed by atoms with Gasteiger partial charge in [0, 0.05) is 5.56 Å². The molecule has 130 valence electrons. The fourth-order valence-electron chi connectivity index (χ4n) is 2.37. The Hall–Kier alpha value is -2.88. The molecule has 2 aromatic rings. The molecule has 2 N–H and O–H groups in total. The van der Waals surface area contributed by atoms with Gasteiger partial charge >= 0.3 is 0 Å². The van der Waals surface area contributed by atoms with E-state index in [0.29, 0.717) is 5.56 Å². The second kappa shape index (κ2) is 10.1. The van der Waals surface area contributed by atoms with Crippen LogP contribution in [-0.2, 0) is 0 Å². The molecule has 1 amide bonds. The van der Waals surface area contributed by atoms with Gasteiger partial charge in [0.1, 0.15) is 5.75 Å². The molecule has 0 aliphatic heterocycles. The second-order valence-corrected chi connectivity index (χ2v) is 5.83. The lowest BCUT2D eigenvalue weighted by atomic mass is 10.1. The van der Waals surface area contributed by atoms with Crippen LogP contribution < -0.4 is 5.43 Å². The van der Waals surface area contributed by atoms with Crippen molar-refractivity contribution in [3.63, 3.8) is 0 Å². The molecule has 0 radical (unpaired) electrons. The first kappa shape index (κ1) is 18.5. The van der Waals surface area contributed by atoms with E-state index in [4.69, 9.17) is 0 Å². The molecule has 0 aromatic heterocycles. The number of rotatable bonds is 8. The number of amides is 1. The Morgan fingerprint density at radius 1 is 1.08 bits per heavy atom. The summed E-state index contributed by atoms with van der Waals surface area (Å²) in [4.78, 5) is 12.0. The predicted molar refractivity (Wildman–Crippen MR) is 103 cm³/mol. The molecule has 0 heterocycles. The van der Waals surface area contributed by atoms with Crippen LogP contribution in [0, 0.1) is 0 Å². The van der Waals surface area contributed by atoms with Crippen molar-refractivity contribution in [1.82, 2.24) is 5.43 Å². The van der Waals surface area contributed by atoms with Crippen LogP contribution >= 0.6 is 0 Å². The van der Waals surface area contributed by atoms with Gasteiger partial charge in [-0.1, -0.05) is 56.2 Å². The number of nitrogens with one attached hydrogen (secondary N) is 1. The summed E-state index contributed by atoms with van der Waals surface area (Å²) in [5, 5.41) is 13.4. The van der Waals surface area contributed by atoms with Gasteiger partial charge in [-0.05, 0) is 48.2 Å². The van der Waals surface area contributed by atoms with Gasteiger partial charge in [-0.15, -0.1) is 0 Å².